The van der Waals surface area contributed by atoms with Crippen LogP contribution in [0.25, 0.3) is 0 Å². The summed E-state index contributed by atoms with van der Waals surface area (Å²) in [6.07, 6.45) is 5.29. The molecule has 0 bridgehead atoms. The van der Waals surface area contributed by atoms with Crippen molar-refractivity contribution in [3.8, 4) is 0 Å². The molecule has 0 amide bonds. The number of nitrogens with zero attached hydrogens (tertiary/aromatic N) is 4. The molecule has 3 rings (SSSR count). The number of rotatable bonds is 3. The first kappa shape index (κ1) is 12.3. The third-order valence-corrected chi connectivity index (χ3v) is 3.53. The standard InChI is InChI=1S/C13H19N5O/c1-9-7-14-12(19-9)8-18-6-4-3-5-11(18)13-15-10(2)16-17-13/h7,11H,3-6,8H2,1-2H3,(H,15,16,17). The monoisotopic (exact) mass is 261 g/mol. The number of nitrogens with one attached hydrogen (secondary N) is 1. The van der Waals surface area contributed by atoms with Gasteiger partial charge in [-0.1, -0.05) is 6.42 Å². The van der Waals surface area contributed by atoms with Crippen molar-refractivity contribution < 1.29 is 4.42 Å². The first-order chi connectivity index (χ1) is 9.22. The molecule has 0 spiro atoms. The van der Waals surface area contributed by atoms with E-state index in [1.54, 1.807) is 6.20 Å². The molecule has 1 atom stereocenters. The summed E-state index contributed by atoms with van der Waals surface area (Å²) in [5.41, 5.74) is 0. The molecule has 1 N–H and O–H groups in total. The topological polar surface area (TPSA) is 70.8 Å². The quantitative estimate of drug-likeness (QED) is 0.916. The fourth-order valence-corrected chi connectivity index (χ4v) is 2.63. The van der Waals surface area contributed by atoms with Crippen molar-refractivity contribution in [3.05, 3.63) is 29.5 Å². The number of H-pyrrole nitrogens is 1. The first-order valence-electron chi connectivity index (χ1n) is 6.76. The lowest BCUT2D eigenvalue weighted by molar-refractivity contribution is 0.121. The van der Waals surface area contributed by atoms with Gasteiger partial charge in [0.15, 0.2) is 5.82 Å². The number of hydrogen-bond donors (Lipinski definition) is 1. The van der Waals surface area contributed by atoms with E-state index in [-0.39, 0.29) is 6.04 Å². The number of aromatic nitrogens is 4. The van der Waals surface area contributed by atoms with Crippen LogP contribution in [-0.2, 0) is 6.54 Å². The maximum Gasteiger partial charge on any atom is 0.208 e. The highest BCUT2D eigenvalue weighted by molar-refractivity contribution is 4.99. The van der Waals surface area contributed by atoms with Gasteiger partial charge in [0.25, 0.3) is 0 Å². The third-order valence-electron chi connectivity index (χ3n) is 3.53. The number of aryl methyl sites for hydroxylation is 2. The van der Waals surface area contributed by atoms with Gasteiger partial charge in [-0.2, -0.15) is 5.10 Å². The third kappa shape index (κ3) is 2.68. The SMILES string of the molecule is Cc1nc(C2CCCCN2Cc2ncc(C)o2)n[nH]1. The van der Waals surface area contributed by atoms with Gasteiger partial charge >= 0.3 is 0 Å². The maximum absolute atomic E-state index is 5.57. The summed E-state index contributed by atoms with van der Waals surface area (Å²) in [6.45, 7) is 5.62. The molecule has 6 heteroatoms. The Bertz CT molecular complexity index is 547. The minimum absolute atomic E-state index is 0.269. The van der Waals surface area contributed by atoms with Gasteiger partial charge in [0.2, 0.25) is 5.89 Å². The largest absolute Gasteiger partial charge is 0.445 e. The predicted molar refractivity (Wildman–Crippen MR) is 69.4 cm³/mol. The second-order valence-corrected chi connectivity index (χ2v) is 5.13. The van der Waals surface area contributed by atoms with Crippen molar-refractivity contribution in [2.75, 3.05) is 6.54 Å². The minimum atomic E-state index is 0.269. The second kappa shape index (κ2) is 5.13. The molecular weight excluding hydrogens is 242 g/mol. The Balaban J connectivity index is 1.77. The highest BCUT2D eigenvalue weighted by Crippen LogP contribution is 2.30. The Hall–Kier alpha value is -1.69. The van der Waals surface area contributed by atoms with Gasteiger partial charge in [-0.05, 0) is 33.2 Å². The summed E-state index contributed by atoms with van der Waals surface area (Å²) >= 11 is 0. The smallest absolute Gasteiger partial charge is 0.208 e. The average Bonchev–Trinajstić information content (AvgIpc) is 2.99. The van der Waals surface area contributed by atoms with Gasteiger partial charge in [0, 0.05) is 0 Å². The van der Waals surface area contributed by atoms with Crippen LogP contribution in [0.5, 0.6) is 0 Å². The molecule has 3 heterocycles. The van der Waals surface area contributed by atoms with Crippen molar-refractivity contribution in [1.82, 2.24) is 25.1 Å². The molecule has 0 saturated carbocycles. The fraction of sp³-hybridized carbons (Fsp3) is 0.615. The van der Waals surface area contributed by atoms with Crippen LogP contribution in [0.4, 0.5) is 0 Å². The summed E-state index contributed by atoms with van der Waals surface area (Å²) in [5, 5.41) is 7.24. The number of likely N-dealkylation sites (tertiary alicyclic amines) is 1. The minimum Gasteiger partial charge on any atom is -0.445 e. The highest BCUT2D eigenvalue weighted by atomic mass is 16.4. The summed E-state index contributed by atoms with van der Waals surface area (Å²) in [6, 6.07) is 0.269. The van der Waals surface area contributed by atoms with Gasteiger partial charge in [-0.3, -0.25) is 10.00 Å². The van der Waals surface area contributed by atoms with Crippen LogP contribution in [-0.4, -0.2) is 31.6 Å². The van der Waals surface area contributed by atoms with Gasteiger partial charge < -0.3 is 4.42 Å². The molecular formula is C13H19N5O. The molecule has 1 aliphatic rings. The Morgan fingerprint density at radius 1 is 1.42 bits per heavy atom. The van der Waals surface area contributed by atoms with Crippen LogP contribution < -0.4 is 0 Å². The van der Waals surface area contributed by atoms with Gasteiger partial charge in [0.05, 0.1) is 18.8 Å². The lowest BCUT2D eigenvalue weighted by atomic mass is 10.0. The van der Waals surface area contributed by atoms with Crippen LogP contribution >= 0.6 is 0 Å². The summed E-state index contributed by atoms with van der Waals surface area (Å²) in [7, 11) is 0. The lowest BCUT2D eigenvalue weighted by Gasteiger charge is -2.32. The number of oxazole rings is 1. The lowest BCUT2D eigenvalue weighted by Crippen LogP contribution is -2.33. The van der Waals surface area contributed by atoms with E-state index in [0.717, 1.165) is 42.8 Å². The van der Waals surface area contributed by atoms with E-state index in [2.05, 4.69) is 25.1 Å². The van der Waals surface area contributed by atoms with Gasteiger partial charge in [-0.15, -0.1) is 0 Å². The normalized spacial score (nSPS) is 20.8. The number of piperidine rings is 1. The van der Waals surface area contributed by atoms with Crippen LogP contribution in [0.15, 0.2) is 10.6 Å². The summed E-state index contributed by atoms with van der Waals surface area (Å²) < 4.78 is 5.57. The van der Waals surface area contributed by atoms with Crippen molar-refractivity contribution in [3.63, 3.8) is 0 Å². The Morgan fingerprint density at radius 2 is 2.32 bits per heavy atom. The molecule has 0 radical (unpaired) electrons. The number of aromatic amines is 1. The fourth-order valence-electron chi connectivity index (χ4n) is 2.63. The molecule has 1 aliphatic heterocycles. The van der Waals surface area contributed by atoms with E-state index in [0.29, 0.717) is 0 Å². The molecule has 1 unspecified atom stereocenters. The van der Waals surface area contributed by atoms with Crippen LogP contribution in [0, 0.1) is 13.8 Å². The Morgan fingerprint density at radius 3 is 3.00 bits per heavy atom. The Labute approximate surface area is 112 Å². The zero-order valence-electron chi connectivity index (χ0n) is 11.4. The Kier molecular flexibility index (Phi) is 3.33. The van der Waals surface area contributed by atoms with E-state index < -0.39 is 0 Å². The predicted octanol–water partition coefficient (Wildman–Crippen LogP) is 2.14. The molecule has 0 aliphatic carbocycles. The van der Waals surface area contributed by atoms with E-state index in [1.807, 2.05) is 13.8 Å². The molecule has 102 valence electrons. The molecule has 1 fully saturated rings. The molecule has 0 aromatic carbocycles. The highest BCUT2D eigenvalue weighted by Gasteiger charge is 2.28. The molecule has 2 aromatic heterocycles. The van der Waals surface area contributed by atoms with Crippen molar-refractivity contribution in [1.29, 1.82) is 0 Å². The van der Waals surface area contributed by atoms with Crippen LogP contribution in [0.1, 0.15) is 48.6 Å². The summed E-state index contributed by atoms with van der Waals surface area (Å²) in [4.78, 5) is 11.1. The zero-order chi connectivity index (χ0) is 13.2. The van der Waals surface area contributed by atoms with Crippen molar-refractivity contribution in [2.45, 2.75) is 45.7 Å². The second-order valence-electron chi connectivity index (χ2n) is 5.13. The van der Waals surface area contributed by atoms with Crippen LogP contribution in [0.2, 0.25) is 0 Å². The summed E-state index contributed by atoms with van der Waals surface area (Å²) in [5.74, 6) is 3.39. The van der Waals surface area contributed by atoms with E-state index in [1.165, 1.54) is 12.8 Å². The average molecular weight is 261 g/mol. The zero-order valence-corrected chi connectivity index (χ0v) is 11.4. The van der Waals surface area contributed by atoms with Gasteiger partial charge in [-0.25, -0.2) is 9.97 Å². The molecule has 2 aromatic rings. The molecule has 1 saturated heterocycles. The van der Waals surface area contributed by atoms with Crippen molar-refractivity contribution >= 4 is 0 Å². The van der Waals surface area contributed by atoms with E-state index in [9.17, 15) is 0 Å². The maximum atomic E-state index is 5.57. The van der Waals surface area contributed by atoms with Gasteiger partial charge in [0.1, 0.15) is 11.6 Å². The molecule has 6 nitrogen and oxygen atoms in total. The number of hydrogen-bond acceptors (Lipinski definition) is 5. The van der Waals surface area contributed by atoms with E-state index >= 15 is 0 Å². The van der Waals surface area contributed by atoms with E-state index in [4.69, 9.17) is 4.42 Å². The van der Waals surface area contributed by atoms with Crippen LogP contribution in [0.3, 0.4) is 0 Å². The molecule has 19 heavy (non-hydrogen) atoms. The van der Waals surface area contributed by atoms with Crippen molar-refractivity contribution in [2.24, 2.45) is 0 Å². The first-order valence-corrected chi connectivity index (χ1v) is 6.76.